The number of hydrogen-bond donors (Lipinski definition) is 1. The number of anilines is 2. The summed E-state index contributed by atoms with van der Waals surface area (Å²) in [6.45, 7) is 1.81. The number of methoxy groups -OCH3 is 2. The van der Waals surface area contributed by atoms with Gasteiger partial charge in [-0.05, 0) is 42.8 Å². The predicted molar refractivity (Wildman–Crippen MR) is 106 cm³/mol. The molecule has 1 heterocycles. The van der Waals surface area contributed by atoms with E-state index in [4.69, 9.17) is 21.1 Å². The molecule has 0 aliphatic carbocycles. The van der Waals surface area contributed by atoms with Gasteiger partial charge >= 0.3 is 0 Å². The van der Waals surface area contributed by atoms with E-state index in [1.54, 1.807) is 30.3 Å². The highest BCUT2D eigenvalue weighted by atomic mass is 35.5. The summed E-state index contributed by atoms with van der Waals surface area (Å²) in [5.74, 6) is -0.181. The van der Waals surface area contributed by atoms with Gasteiger partial charge in [0.2, 0.25) is 17.7 Å². The Morgan fingerprint density at radius 3 is 2.25 bits per heavy atom. The van der Waals surface area contributed by atoms with Crippen molar-refractivity contribution >= 4 is 29.1 Å². The Morgan fingerprint density at radius 1 is 1.04 bits per heavy atom. The molecule has 3 aromatic rings. The van der Waals surface area contributed by atoms with E-state index in [9.17, 15) is 9.90 Å². The number of carbonyl (C=O) groups is 1. The average molecular weight is 400 g/mol. The van der Waals surface area contributed by atoms with E-state index in [-0.39, 0.29) is 29.0 Å². The summed E-state index contributed by atoms with van der Waals surface area (Å²) in [5.41, 5.74) is 1.33. The standard InChI is InChI=1S/C20H18ClN3O4/c1-12-10-13(21)8-9-15(12)24(19(26)14-6-4-5-7-16(14)25)20-22-17(27-2)11-18(23-20)28-3/h4-11,25H,1-3H3. The molecule has 144 valence electrons. The molecule has 8 heteroatoms. The summed E-state index contributed by atoms with van der Waals surface area (Å²) in [5, 5.41) is 10.7. The van der Waals surface area contributed by atoms with E-state index in [0.29, 0.717) is 10.7 Å². The zero-order valence-corrected chi connectivity index (χ0v) is 16.3. The third-order valence-corrected chi connectivity index (χ3v) is 4.26. The molecule has 1 aromatic heterocycles. The van der Waals surface area contributed by atoms with Crippen molar-refractivity contribution in [2.24, 2.45) is 0 Å². The molecular weight excluding hydrogens is 382 g/mol. The lowest BCUT2D eigenvalue weighted by atomic mass is 10.1. The van der Waals surface area contributed by atoms with Crippen LogP contribution in [-0.4, -0.2) is 35.2 Å². The summed E-state index contributed by atoms with van der Waals surface area (Å²) in [6, 6.07) is 12.8. The number of phenolic OH excluding ortho intramolecular Hbond substituents is 1. The molecule has 2 aromatic carbocycles. The van der Waals surface area contributed by atoms with Gasteiger partial charge in [0, 0.05) is 5.02 Å². The molecule has 3 rings (SSSR count). The molecule has 0 saturated heterocycles. The summed E-state index contributed by atoms with van der Waals surface area (Å²) in [6.07, 6.45) is 0. The number of ether oxygens (including phenoxy) is 2. The Bertz CT molecular complexity index is 1000. The van der Waals surface area contributed by atoms with Gasteiger partial charge in [0.05, 0.1) is 31.5 Å². The second kappa shape index (κ2) is 8.14. The number of aryl methyl sites for hydroxylation is 1. The number of carbonyl (C=O) groups excluding carboxylic acids is 1. The first-order valence-corrected chi connectivity index (χ1v) is 8.68. The van der Waals surface area contributed by atoms with Gasteiger partial charge in [-0.1, -0.05) is 23.7 Å². The number of aromatic hydroxyl groups is 1. The van der Waals surface area contributed by atoms with E-state index in [0.717, 1.165) is 5.56 Å². The summed E-state index contributed by atoms with van der Waals surface area (Å²) < 4.78 is 10.4. The minimum atomic E-state index is -0.515. The van der Waals surface area contributed by atoms with Crippen LogP contribution in [0, 0.1) is 6.92 Å². The van der Waals surface area contributed by atoms with E-state index in [1.807, 2.05) is 6.92 Å². The van der Waals surface area contributed by atoms with Crippen molar-refractivity contribution in [2.75, 3.05) is 19.1 Å². The van der Waals surface area contributed by atoms with Gasteiger partial charge in [0.1, 0.15) is 5.75 Å². The highest BCUT2D eigenvalue weighted by Gasteiger charge is 2.27. The Kier molecular flexibility index (Phi) is 5.65. The number of para-hydroxylation sites is 1. The fourth-order valence-electron chi connectivity index (χ4n) is 2.65. The Hall–Kier alpha value is -3.32. The number of aromatic nitrogens is 2. The van der Waals surface area contributed by atoms with Crippen LogP contribution in [0.5, 0.6) is 17.5 Å². The van der Waals surface area contributed by atoms with Crippen molar-refractivity contribution in [3.05, 3.63) is 64.7 Å². The number of phenols is 1. The van der Waals surface area contributed by atoms with Crippen LogP contribution in [0.25, 0.3) is 0 Å². The quantitative estimate of drug-likeness (QED) is 0.694. The maximum absolute atomic E-state index is 13.4. The van der Waals surface area contributed by atoms with Gasteiger partial charge in [-0.3, -0.25) is 4.79 Å². The van der Waals surface area contributed by atoms with Gasteiger partial charge in [0.25, 0.3) is 5.91 Å². The molecule has 0 saturated carbocycles. The minimum Gasteiger partial charge on any atom is -0.507 e. The van der Waals surface area contributed by atoms with Gasteiger partial charge in [-0.15, -0.1) is 0 Å². The maximum atomic E-state index is 13.4. The van der Waals surface area contributed by atoms with Gasteiger partial charge < -0.3 is 14.6 Å². The minimum absolute atomic E-state index is 0.0369. The SMILES string of the molecule is COc1cc(OC)nc(N(C(=O)c2ccccc2O)c2ccc(Cl)cc2C)n1. The van der Waals surface area contributed by atoms with Crippen molar-refractivity contribution in [2.45, 2.75) is 6.92 Å². The Morgan fingerprint density at radius 2 is 1.68 bits per heavy atom. The monoisotopic (exact) mass is 399 g/mol. The third-order valence-electron chi connectivity index (χ3n) is 4.02. The molecule has 0 unspecified atom stereocenters. The Balaban J connectivity index is 2.23. The molecule has 0 aliphatic rings. The van der Waals surface area contributed by atoms with Crippen LogP contribution in [0.2, 0.25) is 5.02 Å². The van der Waals surface area contributed by atoms with Gasteiger partial charge in [-0.25, -0.2) is 4.90 Å². The second-order valence-corrected chi connectivity index (χ2v) is 6.28. The number of hydrogen-bond acceptors (Lipinski definition) is 6. The van der Waals surface area contributed by atoms with Gasteiger partial charge in [0.15, 0.2) is 0 Å². The van der Waals surface area contributed by atoms with Gasteiger partial charge in [-0.2, -0.15) is 9.97 Å². The maximum Gasteiger partial charge on any atom is 0.269 e. The molecule has 0 aliphatic heterocycles. The molecular formula is C20H18ClN3O4. The first-order valence-electron chi connectivity index (χ1n) is 8.30. The lowest BCUT2D eigenvalue weighted by Crippen LogP contribution is -2.28. The summed E-state index contributed by atoms with van der Waals surface area (Å²) >= 11 is 6.07. The van der Waals surface area contributed by atoms with Crippen LogP contribution >= 0.6 is 11.6 Å². The van der Waals surface area contributed by atoms with Crippen LogP contribution < -0.4 is 14.4 Å². The van der Waals surface area contributed by atoms with Crippen LogP contribution in [0.3, 0.4) is 0 Å². The smallest absolute Gasteiger partial charge is 0.269 e. The predicted octanol–water partition coefficient (Wildman–Crippen LogP) is 4.14. The fraction of sp³-hybridized carbons (Fsp3) is 0.150. The zero-order chi connectivity index (χ0) is 20.3. The van der Waals surface area contributed by atoms with Crippen molar-refractivity contribution < 1.29 is 19.4 Å². The number of amides is 1. The average Bonchev–Trinajstić information content (AvgIpc) is 2.69. The number of halogens is 1. The second-order valence-electron chi connectivity index (χ2n) is 5.84. The highest BCUT2D eigenvalue weighted by molar-refractivity contribution is 6.30. The number of nitrogens with zero attached hydrogens (tertiary/aromatic N) is 3. The van der Waals surface area contributed by atoms with Crippen LogP contribution in [0.1, 0.15) is 15.9 Å². The van der Waals surface area contributed by atoms with Crippen LogP contribution in [0.4, 0.5) is 11.6 Å². The molecule has 0 bridgehead atoms. The first-order chi connectivity index (χ1) is 13.4. The van der Waals surface area contributed by atoms with E-state index in [1.165, 1.54) is 37.3 Å². The van der Waals surface area contributed by atoms with E-state index in [2.05, 4.69) is 9.97 Å². The molecule has 7 nitrogen and oxygen atoms in total. The molecule has 1 amide bonds. The molecule has 0 spiro atoms. The third kappa shape index (κ3) is 3.84. The fourth-order valence-corrected chi connectivity index (χ4v) is 2.88. The molecule has 1 N–H and O–H groups in total. The van der Waals surface area contributed by atoms with Crippen molar-refractivity contribution in [1.29, 1.82) is 0 Å². The van der Waals surface area contributed by atoms with Crippen molar-refractivity contribution in [1.82, 2.24) is 9.97 Å². The lowest BCUT2D eigenvalue weighted by molar-refractivity contribution is 0.0995. The van der Waals surface area contributed by atoms with Crippen LogP contribution in [-0.2, 0) is 0 Å². The topological polar surface area (TPSA) is 84.8 Å². The van der Waals surface area contributed by atoms with Crippen LogP contribution in [0.15, 0.2) is 48.5 Å². The number of rotatable bonds is 5. The lowest BCUT2D eigenvalue weighted by Gasteiger charge is -2.23. The summed E-state index contributed by atoms with van der Waals surface area (Å²) in [4.78, 5) is 23.2. The molecule has 0 radical (unpaired) electrons. The highest BCUT2D eigenvalue weighted by Crippen LogP contribution is 2.33. The Labute approximate surface area is 167 Å². The van der Waals surface area contributed by atoms with Crippen molar-refractivity contribution in [3.63, 3.8) is 0 Å². The van der Waals surface area contributed by atoms with E-state index >= 15 is 0 Å². The first kappa shape index (κ1) is 19.4. The van der Waals surface area contributed by atoms with E-state index < -0.39 is 5.91 Å². The largest absolute Gasteiger partial charge is 0.507 e. The molecule has 0 fully saturated rings. The number of benzene rings is 2. The normalized spacial score (nSPS) is 10.4. The summed E-state index contributed by atoms with van der Waals surface area (Å²) in [7, 11) is 2.91. The van der Waals surface area contributed by atoms with Crippen molar-refractivity contribution in [3.8, 4) is 17.5 Å². The molecule has 28 heavy (non-hydrogen) atoms. The molecule has 0 atom stereocenters. The zero-order valence-electron chi connectivity index (χ0n) is 15.5.